The van der Waals surface area contributed by atoms with Crippen LogP contribution >= 0.6 is 0 Å². The van der Waals surface area contributed by atoms with Crippen molar-refractivity contribution in [2.75, 3.05) is 0 Å². The highest BCUT2D eigenvalue weighted by Gasteiger charge is 2.37. The Morgan fingerprint density at radius 3 is 2.62 bits per heavy atom. The fraction of sp³-hybridized carbons (Fsp3) is 0.500. The molecular weight excluding hydrogens is 304 g/mol. The third kappa shape index (κ3) is 3.53. The molecule has 128 valence electrons. The average molecular weight is 328 g/mol. The molecule has 1 saturated heterocycles. The minimum absolute atomic E-state index is 0.0240. The molecule has 4 heteroatoms. The van der Waals surface area contributed by atoms with Gasteiger partial charge in [-0.2, -0.15) is 0 Å². The van der Waals surface area contributed by atoms with E-state index in [2.05, 4.69) is 19.6 Å². The van der Waals surface area contributed by atoms with E-state index in [4.69, 9.17) is 9.47 Å². The van der Waals surface area contributed by atoms with Crippen LogP contribution in [0.4, 0.5) is 0 Å². The first-order valence-electron chi connectivity index (χ1n) is 8.58. The van der Waals surface area contributed by atoms with Crippen LogP contribution in [0.5, 0.6) is 0 Å². The number of hydrogen-bond acceptors (Lipinski definition) is 4. The topological polar surface area (TPSA) is 52.6 Å². The Labute approximate surface area is 142 Å². The molecule has 0 radical (unpaired) electrons. The summed E-state index contributed by atoms with van der Waals surface area (Å²) in [5, 5.41) is 0. The third-order valence-electron chi connectivity index (χ3n) is 4.99. The third-order valence-corrected chi connectivity index (χ3v) is 4.99. The van der Waals surface area contributed by atoms with Crippen LogP contribution in [0.15, 0.2) is 47.1 Å². The van der Waals surface area contributed by atoms with Crippen LogP contribution in [-0.4, -0.2) is 24.1 Å². The van der Waals surface area contributed by atoms with Gasteiger partial charge in [0.15, 0.2) is 0 Å². The van der Waals surface area contributed by atoms with Crippen LogP contribution in [0.25, 0.3) is 0 Å². The first-order valence-corrected chi connectivity index (χ1v) is 8.58. The van der Waals surface area contributed by atoms with Crippen LogP contribution in [0, 0.1) is 5.92 Å². The highest BCUT2D eigenvalue weighted by Crippen LogP contribution is 2.34. The monoisotopic (exact) mass is 328 g/mol. The van der Waals surface area contributed by atoms with E-state index in [1.165, 1.54) is 5.57 Å². The van der Waals surface area contributed by atoms with E-state index in [9.17, 15) is 9.59 Å². The van der Waals surface area contributed by atoms with Crippen molar-refractivity contribution in [1.29, 1.82) is 0 Å². The maximum atomic E-state index is 11.9. The van der Waals surface area contributed by atoms with Gasteiger partial charge < -0.3 is 9.47 Å². The maximum absolute atomic E-state index is 11.9. The summed E-state index contributed by atoms with van der Waals surface area (Å²) in [6, 6.07) is 0. The molecule has 0 N–H and O–H groups in total. The fourth-order valence-electron chi connectivity index (χ4n) is 3.57. The van der Waals surface area contributed by atoms with Crippen LogP contribution in [0.3, 0.4) is 0 Å². The summed E-state index contributed by atoms with van der Waals surface area (Å²) in [4.78, 5) is 23.8. The zero-order chi connectivity index (χ0) is 17.3. The Balaban J connectivity index is 1.86. The van der Waals surface area contributed by atoms with E-state index < -0.39 is 0 Å². The van der Waals surface area contributed by atoms with Gasteiger partial charge in [0, 0.05) is 23.5 Å². The van der Waals surface area contributed by atoms with Gasteiger partial charge in [-0.15, -0.1) is 0 Å². The zero-order valence-electron chi connectivity index (χ0n) is 14.3. The second-order valence-electron chi connectivity index (χ2n) is 6.98. The van der Waals surface area contributed by atoms with Crippen LogP contribution in [-0.2, 0) is 19.1 Å². The Kier molecular flexibility index (Phi) is 4.74. The van der Waals surface area contributed by atoms with Crippen molar-refractivity contribution in [3.05, 3.63) is 47.1 Å². The van der Waals surface area contributed by atoms with Crippen LogP contribution < -0.4 is 0 Å². The molecule has 3 aliphatic rings. The lowest BCUT2D eigenvalue weighted by atomic mass is 9.89. The van der Waals surface area contributed by atoms with E-state index in [-0.39, 0.29) is 30.1 Å². The summed E-state index contributed by atoms with van der Waals surface area (Å²) in [7, 11) is 0. The van der Waals surface area contributed by atoms with Gasteiger partial charge in [0.05, 0.1) is 0 Å². The maximum Gasteiger partial charge on any atom is 0.334 e. The molecule has 0 saturated carbocycles. The first-order chi connectivity index (χ1) is 11.4. The van der Waals surface area contributed by atoms with E-state index in [1.807, 2.05) is 19.1 Å². The Morgan fingerprint density at radius 2 is 1.83 bits per heavy atom. The van der Waals surface area contributed by atoms with E-state index in [0.29, 0.717) is 12.0 Å². The SMILES string of the molecule is C=C1C(=O)O[C@H]2/C=C(\C)C[C@H]3C=C(CC/C=C(\C)CC[C@@H]12)C(=O)O3. The molecule has 4 nitrogen and oxygen atoms in total. The number of hydrogen-bond donors (Lipinski definition) is 0. The average Bonchev–Trinajstić information content (AvgIpc) is 2.97. The van der Waals surface area contributed by atoms with Crippen LogP contribution in [0.2, 0.25) is 0 Å². The molecule has 2 heterocycles. The summed E-state index contributed by atoms with van der Waals surface area (Å²) >= 11 is 0. The molecule has 3 rings (SSSR count). The Bertz CT molecular complexity index is 665. The number of esters is 2. The summed E-state index contributed by atoms with van der Waals surface area (Å²) in [6.45, 7) is 8.00. The van der Waals surface area contributed by atoms with Gasteiger partial charge in [0.1, 0.15) is 12.2 Å². The van der Waals surface area contributed by atoms with Gasteiger partial charge in [0.2, 0.25) is 0 Å². The Hall–Kier alpha value is -2.10. The number of ether oxygens (including phenoxy) is 2. The van der Waals surface area contributed by atoms with Gasteiger partial charge in [-0.25, -0.2) is 9.59 Å². The minimum atomic E-state index is -0.297. The number of carbonyl (C=O) groups is 2. The quantitative estimate of drug-likeness (QED) is 0.386. The van der Waals surface area contributed by atoms with Gasteiger partial charge >= 0.3 is 11.9 Å². The number of carbonyl (C=O) groups excluding carboxylic acids is 2. The molecule has 24 heavy (non-hydrogen) atoms. The lowest BCUT2D eigenvalue weighted by molar-refractivity contribution is -0.139. The minimum Gasteiger partial charge on any atom is -0.454 e. The summed E-state index contributed by atoms with van der Waals surface area (Å²) in [5.41, 5.74) is 3.67. The molecular formula is C20H24O4. The first kappa shape index (κ1) is 16.7. The fourth-order valence-corrected chi connectivity index (χ4v) is 3.57. The van der Waals surface area contributed by atoms with Crippen molar-refractivity contribution < 1.29 is 19.1 Å². The summed E-state index contributed by atoms with van der Waals surface area (Å²) in [6.07, 6.45) is 9.56. The molecule has 1 aliphatic carbocycles. The number of rotatable bonds is 0. The van der Waals surface area contributed by atoms with Crippen LogP contribution in [0.1, 0.15) is 46.0 Å². The van der Waals surface area contributed by atoms with Crippen molar-refractivity contribution in [3.63, 3.8) is 0 Å². The van der Waals surface area contributed by atoms with E-state index >= 15 is 0 Å². The van der Waals surface area contributed by atoms with Crippen molar-refractivity contribution in [2.24, 2.45) is 5.92 Å². The second-order valence-corrected chi connectivity index (χ2v) is 6.98. The Morgan fingerprint density at radius 1 is 1.04 bits per heavy atom. The summed E-state index contributed by atoms with van der Waals surface area (Å²) < 4.78 is 10.9. The van der Waals surface area contributed by atoms with Gasteiger partial charge in [-0.05, 0) is 51.7 Å². The standard InChI is InChI=1S/C20H24O4/c1-12-5-4-6-15-11-16(23-20(15)22)9-13(2)10-18-17(8-7-12)14(3)19(21)24-18/h5,10-11,16-18H,3-4,6-9H2,1-2H3/b12-5+,13-10+/t16-,17-,18-/m0/s1. The lowest BCUT2D eigenvalue weighted by Gasteiger charge is -2.16. The van der Waals surface area contributed by atoms with E-state index in [0.717, 1.165) is 36.8 Å². The molecule has 1 fully saturated rings. The number of fused-ring (bicyclic) bond motifs is 2. The molecule has 0 aromatic carbocycles. The largest absolute Gasteiger partial charge is 0.454 e. The van der Waals surface area contributed by atoms with E-state index in [1.54, 1.807) is 0 Å². The van der Waals surface area contributed by atoms with Gasteiger partial charge in [-0.1, -0.05) is 23.8 Å². The van der Waals surface area contributed by atoms with Gasteiger partial charge in [0.25, 0.3) is 0 Å². The predicted molar refractivity (Wildman–Crippen MR) is 91.1 cm³/mol. The highest BCUT2D eigenvalue weighted by molar-refractivity contribution is 5.91. The van der Waals surface area contributed by atoms with Crippen molar-refractivity contribution in [2.45, 2.75) is 58.2 Å². The number of allylic oxidation sites excluding steroid dienone is 2. The summed E-state index contributed by atoms with van der Waals surface area (Å²) in [5.74, 6) is -0.474. The molecule has 0 unspecified atom stereocenters. The zero-order valence-corrected chi connectivity index (χ0v) is 14.3. The molecule has 2 aliphatic heterocycles. The highest BCUT2D eigenvalue weighted by atomic mass is 16.6. The lowest BCUT2D eigenvalue weighted by Crippen LogP contribution is -2.16. The van der Waals surface area contributed by atoms with Crippen molar-refractivity contribution in [1.82, 2.24) is 0 Å². The molecule has 0 aromatic rings. The van der Waals surface area contributed by atoms with Gasteiger partial charge in [-0.3, -0.25) is 0 Å². The smallest absolute Gasteiger partial charge is 0.334 e. The molecule has 0 amide bonds. The molecule has 0 aromatic heterocycles. The normalized spacial score (nSPS) is 35.7. The molecule has 2 bridgehead atoms. The van der Waals surface area contributed by atoms with Crippen molar-refractivity contribution >= 4 is 11.9 Å². The molecule has 0 spiro atoms. The molecule has 3 atom stereocenters. The van der Waals surface area contributed by atoms with Crippen molar-refractivity contribution in [3.8, 4) is 0 Å². The second kappa shape index (κ2) is 6.80. The predicted octanol–water partition coefficient (Wildman–Crippen LogP) is 3.79.